The van der Waals surface area contributed by atoms with Gasteiger partial charge in [0.15, 0.2) is 11.5 Å². The molecule has 1 aliphatic rings. The summed E-state index contributed by atoms with van der Waals surface area (Å²) in [7, 11) is 3.37. The van der Waals surface area contributed by atoms with Crippen molar-refractivity contribution in [2.45, 2.75) is 44.8 Å². The van der Waals surface area contributed by atoms with Gasteiger partial charge in [0.05, 0.1) is 24.9 Å². The lowest BCUT2D eigenvalue weighted by atomic mass is 9.86. The summed E-state index contributed by atoms with van der Waals surface area (Å²) in [5.74, 6) is 1.46. The second-order valence-electron chi connectivity index (χ2n) is 7.72. The molecule has 158 valence electrons. The van der Waals surface area contributed by atoms with Gasteiger partial charge in [-0.05, 0) is 56.9 Å². The number of carbonyl (C=O) groups is 1. The van der Waals surface area contributed by atoms with Crippen molar-refractivity contribution in [2.24, 2.45) is 5.92 Å². The van der Waals surface area contributed by atoms with Gasteiger partial charge in [-0.1, -0.05) is 0 Å². The summed E-state index contributed by atoms with van der Waals surface area (Å²) in [5.41, 5.74) is 2.46. The largest absolute Gasteiger partial charge is 0.497 e. The Balaban J connectivity index is 1.45. The summed E-state index contributed by atoms with van der Waals surface area (Å²) in [6, 6.07) is 9.31. The van der Waals surface area contributed by atoms with Crippen LogP contribution in [0.5, 0.6) is 5.75 Å². The SMILES string of the molecule is COc1ccc(-c2cc3nc([C@@H](C)NC(=O)C4CCC(OC)CC4)nn3cn2)cc1. The van der Waals surface area contributed by atoms with Crippen molar-refractivity contribution in [2.75, 3.05) is 14.2 Å². The lowest BCUT2D eigenvalue weighted by Gasteiger charge is -2.27. The first-order chi connectivity index (χ1) is 14.6. The van der Waals surface area contributed by atoms with Gasteiger partial charge in [0, 0.05) is 24.7 Å². The van der Waals surface area contributed by atoms with Crippen molar-refractivity contribution in [1.29, 1.82) is 0 Å². The Kier molecular flexibility index (Phi) is 5.94. The molecule has 0 saturated heterocycles. The minimum Gasteiger partial charge on any atom is -0.497 e. The molecule has 30 heavy (non-hydrogen) atoms. The minimum atomic E-state index is -0.276. The van der Waals surface area contributed by atoms with Crippen LogP contribution in [-0.4, -0.2) is 45.8 Å². The number of fused-ring (bicyclic) bond motifs is 1. The van der Waals surface area contributed by atoms with Gasteiger partial charge in [0.2, 0.25) is 5.91 Å². The molecule has 4 rings (SSSR count). The summed E-state index contributed by atoms with van der Waals surface area (Å²) >= 11 is 0. The smallest absolute Gasteiger partial charge is 0.223 e. The molecular formula is C22H27N5O3. The topological polar surface area (TPSA) is 90.6 Å². The van der Waals surface area contributed by atoms with Crippen LogP contribution < -0.4 is 10.1 Å². The first-order valence-corrected chi connectivity index (χ1v) is 10.3. The molecule has 1 aliphatic carbocycles. The molecule has 0 spiro atoms. The number of hydrogen-bond donors (Lipinski definition) is 1. The number of carbonyl (C=O) groups excluding carboxylic acids is 1. The molecule has 3 aromatic rings. The highest BCUT2D eigenvalue weighted by Crippen LogP contribution is 2.27. The van der Waals surface area contributed by atoms with Crippen LogP contribution in [0.3, 0.4) is 0 Å². The number of amides is 1. The maximum Gasteiger partial charge on any atom is 0.223 e. The Morgan fingerprint density at radius 3 is 2.57 bits per heavy atom. The van der Waals surface area contributed by atoms with E-state index < -0.39 is 0 Å². The predicted octanol–water partition coefficient (Wildman–Crippen LogP) is 3.18. The van der Waals surface area contributed by atoms with Gasteiger partial charge in [-0.25, -0.2) is 14.5 Å². The quantitative estimate of drug-likeness (QED) is 0.672. The Labute approximate surface area is 175 Å². The van der Waals surface area contributed by atoms with Crippen molar-refractivity contribution in [3.05, 3.63) is 42.5 Å². The molecule has 1 aromatic carbocycles. The number of nitrogens with one attached hydrogen (secondary N) is 1. The van der Waals surface area contributed by atoms with Crippen LogP contribution in [0.4, 0.5) is 0 Å². The van der Waals surface area contributed by atoms with E-state index in [1.165, 1.54) is 0 Å². The fourth-order valence-electron chi connectivity index (χ4n) is 3.87. The van der Waals surface area contributed by atoms with Crippen LogP contribution in [0.2, 0.25) is 0 Å². The zero-order valence-corrected chi connectivity index (χ0v) is 17.5. The van der Waals surface area contributed by atoms with Crippen LogP contribution in [0, 0.1) is 5.92 Å². The van der Waals surface area contributed by atoms with E-state index >= 15 is 0 Å². The first-order valence-electron chi connectivity index (χ1n) is 10.3. The second-order valence-corrected chi connectivity index (χ2v) is 7.72. The third-order valence-electron chi connectivity index (χ3n) is 5.76. The van der Waals surface area contributed by atoms with Crippen molar-refractivity contribution in [3.8, 4) is 17.0 Å². The lowest BCUT2D eigenvalue weighted by Crippen LogP contribution is -2.36. The van der Waals surface area contributed by atoms with Crippen LogP contribution in [0.1, 0.15) is 44.5 Å². The zero-order chi connectivity index (χ0) is 21.1. The molecule has 2 heterocycles. The highest BCUT2D eigenvalue weighted by atomic mass is 16.5. The third kappa shape index (κ3) is 4.28. The molecular weight excluding hydrogens is 382 g/mol. The molecule has 0 bridgehead atoms. The monoisotopic (exact) mass is 409 g/mol. The van der Waals surface area contributed by atoms with Gasteiger partial charge in [-0.3, -0.25) is 4.79 Å². The van der Waals surface area contributed by atoms with E-state index in [-0.39, 0.29) is 24.0 Å². The molecule has 0 radical (unpaired) electrons. The van der Waals surface area contributed by atoms with Crippen molar-refractivity contribution in [3.63, 3.8) is 0 Å². The minimum absolute atomic E-state index is 0.0271. The predicted molar refractivity (Wildman–Crippen MR) is 112 cm³/mol. The maximum absolute atomic E-state index is 12.6. The molecule has 2 aromatic heterocycles. The molecule has 0 unspecified atom stereocenters. The lowest BCUT2D eigenvalue weighted by molar-refractivity contribution is -0.127. The summed E-state index contributed by atoms with van der Waals surface area (Å²) in [5, 5.41) is 7.55. The number of ether oxygens (including phenoxy) is 2. The number of nitrogens with zero attached hydrogens (tertiary/aromatic N) is 4. The molecule has 8 nitrogen and oxygen atoms in total. The average Bonchev–Trinajstić information content (AvgIpc) is 3.23. The van der Waals surface area contributed by atoms with Gasteiger partial charge in [-0.2, -0.15) is 0 Å². The van der Waals surface area contributed by atoms with Crippen molar-refractivity contribution in [1.82, 2.24) is 24.9 Å². The summed E-state index contributed by atoms with van der Waals surface area (Å²) in [4.78, 5) is 21.7. The van der Waals surface area contributed by atoms with E-state index in [1.54, 1.807) is 25.1 Å². The Morgan fingerprint density at radius 1 is 1.17 bits per heavy atom. The Hall–Kier alpha value is -3.00. The normalized spacial score (nSPS) is 20.1. The number of hydrogen-bond acceptors (Lipinski definition) is 6. The average molecular weight is 409 g/mol. The van der Waals surface area contributed by atoms with E-state index in [1.807, 2.05) is 37.3 Å². The van der Waals surface area contributed by atoms with Crippen LogP contribution in [0.15, 0.2) is 36.7 Å². The molecule has 1 amide bonds. The number of rotatable bonds is 6. The standard InChI is InChI=1S/C22H27N5O3/c1-14(24-22(28)16-6-10-18(30-3)11-7-16)21-25-20-12-19(23-13-27(20)26-21)15-4-8-17(29-2)9-5-15/h4-5,8-9,12-14,16,18H,6-7,10-11H2,1-3H3,(H,24,28)/t14-,16?,18?/m1/s1. The maximum atomic E-state index is 12.6. The van der Waals surface area contributed by atoms with Crippen LogP contribution >= 0.6 is 0 Å². The van der Waals surface area contributed by atoms with Gasteiger partial charge in [0.1, 0.15) is 12.1 Å². The number of aromatic nitrogens is 4. The summed E-state index contributed by atoms with van der Waals surface area (Å²) < 4.78 is 12.2. The fourth-order valence-corrected chi connectivity index (χ4v) is 3.87. The molecule has 1 fully saturated rings. The Bertz CT molecular complexity index is 1010. The van der Waals surface area contributed by atoms with E-state index in [0.29, 0.717) is 11.5 Å². The van der Waals surface area contributed by atoms with Crippen LogP contribution in [0.25, 0.3) is 16.9 Å². The van der Waals surface area contributed by atoms with Crippen molar-refractivity contribution < 1.29 is 14.3 Å². The highest BCUT2D eigenvalue weighted by Gasteiger charge is 2.27. The number of benzene rings is 1. The van der Waals surface area contributed by atoms with E-state index in [0.717, 1.165) is 42.7 Å². The molecule has 1 saturated carbocycles. The summed E-state index contributed by atoms with van der Waals surface area (Å²) in [6.45, 7) is 1.91. The first kappa shape index (κ1) is 20.3. The van der Waals surface area contributed by atoms with Gasteiger partial charge >= 0.3 is 0 Å². The van der Waals surface area contributed by atoms with E-state index in [2.05, 4.69) is 20.4 Å². The van der Waals surface area contributed by atoms with E-state index in [4.69, 9.17) is 9.47 Å². The number of methoxy groups -OCH3 is 2. The van der Waals surface area contributed by atoms with Gasteiger partial charge < -0.3 is 14.8 Å². The third-order valence-corrected chi connectivity index (χ3v) is 5.76. The second kappa shape index (κ2) is 8.79. The van der Waals surface area contributed by atoms with Crippen molar-refractivity contribution >= 4 is 11.6 Å². The van der Waals surface area contributed by atoms with Gasteiger partial charge in [0.25, 0.3) is 0 Å². The molecule has 0 aliphatic heterocycles. The van der Waals surface area contributed by atoms with Crippen LogP contribution in [-0.2, 0) is 9.53 Å². The summed E-state index contributed by atoms with van der Waals surface area (Å²) in [6.07, 6.45) is 5.48. The molecule has 8 heteroatoms. The van der Waals surface area contributed by atoms with E-state index in [9.17, 15) is 4.79 Å². The fraction of sp³-hybridized carbons (Fsp3) is 0.455. The molecule has 1 N–H and O–H groups in total. The van der Waals surface area contributed by atoms with Gasteiger partial charge in [-0.15, -0.1) is 5.10 Å². The Morgan fingerprint density at radius 2 is 1.90 bits per heavy atom. The zero-order valence-electron chi connectivity index (χ0n) is 17.5. The highest BCUT2D eigenvalue weighted by molar-refractivity contribution is 5.79. The molecule has 1 atom stereocenters.